The van der Waals surface area contributed by atoms with Gasteiger partial charge in [-0.2, -0.15) is 5.26 Å². The molecule has 4 rings (SSSR count). The Morgan fingerprint density at radius 2 is 1.79 bits per heavy atom. The molecule has 1 amide bonds. The molecular formula is C27H23N5O. The van der Waals surface area contributed by atoms with Crippen molar-refractivity contribution in [1.82, 2.24) is 9.97 Å². The number of hydrogen-bond donors (Lipinski definition) is 1. The molecule has 1 N–H and O–H groups in total. The molecule has 2 heterocycles. The van der Waals surface area contributed by atoms with Gasteiger partial charge < -0.3 is 10.2 Å². The zero-order valence-electron chi connectivity index (χ0n) is 18.1. The quantitative estimate of drug-likeness (QED) is 0.382. The fourth-order valence-electron chi connectivity index (χ4n) is 3.61. The zero-order chi connectivity index (χ0) is 22.9. The van der Waals surface area contributed by atoms with Crippen molar-refractivity contribution in [2.45, 2.75) is 13.0 Å². The summed E-state index contributed by atoms with van der Waals surface area (Å²) in [5, 5.41) is 12.7. The number of hydrogen-bond acceptors (Lipinski definition) is 5. The van der Waals surface area contributed by atoms with E-state index in [1.807, 2.05) is 78.9 Å². The van der Waals surface area contributed by atoms with Gasteiger partial charge in [0, 0.05) is 24.5 Å². The van der Waals surface area contributed by atoms with E-state index in [9.17, 15) is 10.1 Å². The number of nitriles is 1. The van der Waals surface area contributed by atoms with Crippen LogP contribution in [-0.4, -0.2) is 22.9 Å². The third kappa shape index (κ3) is 5.41. The molecule has 0 spiro atoms. The predicted octanol–water partition coefficient (Wildman–Crippen LogP) is 4.83. The molecule has 0 aliphatic carbocycles. The Bertz CT molecular complexity index is 1250. The van der Waals surface area contributed by atoms with E-state index in [1.54, 1.807) is 17.3 Å². The van der Waals surface area contributed by atoms with Crippen molar-refractivity contribution in [2.75, 3.05) is 16.8 Å². The number of benzene rings is 2. The van der Waals surface area contributed by atoms with Crippen LogP contribution >= 0.6 is 0 Å². The Morgan fingerprint density at radius 1 is 0.970 bits per heavy atom. The van der Waals surface area contributed by atoms with Crippen LogP contribution in [0.3, 0.4) is 0 Å². The molecule has 0 aliphatic heterocycles. The largest absolute Gasteiger partial charge is 0.368 e. The minimum atomic E-state index is 0.385. The van der Waals surface area contributed by atoms with Crippen LogP contribution in [0.2, 0.25) is 0 Å². The van der Waals surface area contributed by atoms with Crippen LogP contribution < -0.4 is 10.2 Å². The summed E-state index contributed by atoms with van der Waals surface area (Å²) in [6.07, 6.45) is 4.91. The zero-order valence-corrected chi connectivity index (χ0v) is 18.1. The van der Waals surface area contributed by atoms with Gasteiger partial charge in [-0.15, -0.1) is 0 Å². The first-order valence-corrected chi connectivity index (χ1v) is 10.7. The number of carbonyl (C=O) groups excluding carboxylic acids is 1. The molecule has 0 radical (unpaired) electrons. The molecule has 0 fully saturated rings. The van der Waals surface area contributed by atoms with Crippen molar-refractivity contribution < 1.29 is 4.79 Å². The molecule has 0 saturated carbocycles. The van der Waals surface area contributed by atoms with Crippen molar-refractivity contribution in [2.24, 2.45) is 0 Å². The molecule has 0 unspecified atom stereocenters. The van der Waals surface area contributed by atoms with Gasteiger partial charge in [0.1, 0.15) is 0 Å². The Balaban J connectivity index is 1.62. The lowest BCUT2D eigenvalue weighted by atomic mass is 10.1. The van der Waals surface area contributed by atoms with Gasteiger partial charge in [-0.1, -0.05) is 54.6 Å². The van der Waals surface area contributed by atoms with Gasteiger partial charge in [0.15, 0.2) is 5.82 Å². The highest BCUT2D eigenvalue weighted by Crippen LogP contribution is 2.29. The van der Waals surface area contributed by atoms with E-state index in [2.05, 4.69) is 16.4 Å². The lowest BCUT2D eigenvalue weighted by molar-refractivity contribution is -0.107. The second-order valence-corrected chi connectivity index (χ2v) is 7.47. The summed E-state index contributed by atoms with van der Waals surface area (Å²) in [6.45, 7) is 0.951. The molecule has 2 aromatic heterocycles. The molecule has 0 aliphatic rings. The second kappa shape index (κ2) is 10.7. The normalized spacial score (nSPS) is 10.3. The summed E-state index contributed by atoms with van der Waals surface area (Å²) in [7, 11) is 0. The SMILES string of the molecule is N#Cc1ccccc1CCNc1nc(-c2ccccc2)ccc1N(C=O)Cc1cccnc1. The standard InChI is InChI=1S/C27H23N5O/c28-17-24-11-5-4-8-22(24)14-16-30-27-26(32(20-33)19-21-7-6-15-29-18-21)13-12-25(31-27)23-9-2-1-3-10-23/h1-13,15,18,20H,14,16,19H2,(H,30,31). The Labute approximate surface area is 193 Å². The summed E-state index contributed by atoms with van der Waals surface area (Å²) in [5.74, 6) is 0.613. The first kappa shape index (κ1) is 21.7. The predicted molar refractivity (Wildman–Crippen MR) is 130 cm³/mol. The number of carbonyl (C=O) groups is 1. The molecule has 0 atom stereocenters. The number of pyridine rings is 2. The number of nitrogens with one attached hydrogen (secondary N) is 1. The molecular weight excluding hydrogens is 410 g/mol. The first-order chi connectivity index (χ1) is 16.3. The molecule has 162 valence electrons. The van der Waals surface area contributed by atoms with Crippen LogP contribution in [0.15, 0.2) is 91.3 Å². The van der Waals surface area contributed by atoms with Crippen LogP contribution in [-0.2, 0) is 17.8 Å². The van der Waals surface area contributed by atoms with E-state index in [-0.39, 0.29) is 0 Å². The summed E-state index contributed by atoms with van der Waals surface area (Å²) in [6, 6.07) is 27.3. The maximum absolute atomic E-state index is 12.0. The van der Waals surface area contributed by atoms with Crippen molar-refractivity contribution in [3.8, 4) is 17.3 Å². The monoisotopic (exact) mass is 433 g/mol. The lowest BCUT2D eigenvalue weighted by Crippen LogP contribution is -2.23. The fraction of sp³-hybridized carbons (Fsp3) is 0.111. The van der Waals surface area contributed by atoms with Gasteiger partial charge in [0.05, 0.1) is 29.6 Å². The number of nitrogens with zero attached hydrogens (tertiary/aromatic N) is 4. The van der Waals surface area contributed by atoms with Gasteiger partial charge in [-0.05, 0) is 41.8 Å². The summed E-state index contributed by atoms with van der Waals surface area (Å²) in [5.41, 5.74) is 5.04. The van der Waals surface area contributed by atoms with Crippen LogP contribution in [0.5, 0.6) is 0 Å². The molecule has 6 nitrogen and oxygen atoms in total. The summed E-state index contributed by atoms with van der Waals surface area (Å²) in [4.78, 5) is 22.6. The third-order valence-electron chi connectivity index (χ3n) is 5.28. The first-order valence-electron chi connectivity index (χ1n) is 10.7. The Kier molecular flexibility index (Phi) is 7.04. The van der Waals surface area contributed by atoms with Gasteiger partial charge in [0.25, 0.3) is 0 Å². The lowest BCUT2D eigenvalue weighted by Gasteiger charge is -2.21. The third-order valence-corrected chi connectivity index (χ3v) is 5.28. The summed E-state index contributed by atoms with van der Waals surface area (Å²) < 4.78 is 0. The Hall–Kier alpha value is -4.50. The van der Waals surface area contributed by atoms with E-state index in [1.165, 1.54) is 0 Å². The van der Waals surface area contributed by atoms with Crippen LogP contribution in [0.4, 0.5) is 11.5 Å². The summed E-state index contributed by atoms with van der Waals surface area (Å²) >= 11 is 0. The van der Waals surface area contributed by atoms with Gasteiger partial charge >= 0.3 is 0 Å². The number of aromatic nitrogens is 2. The van der Waals surface area contributed by atoms with Crippen molar-refractivity contribution in [3.05, 3.63) is 108 Å². The van der Waals surface area contributed by atoms with E-state index in [0.717, 1.165) is 28.8 Å². The van der Waals surface area contributed by atoms with Gasteiger partial charge in [-0.25, -0.2) is 4.98 Å². The molecule has 33 heavy (non-hydrogen) atoms. The average Bonchev–Trinajstić information content (AvgIpc) is 2.89. The van der Waals surface area contributed by atoms with Crippen molar-refractivity contribution >= 4 is 17.9 Å². The highest BCUT2D eigenvalue weighted by atomic mass is 16.1. The molecule has 0 saturated heterocycles. The van der Waals surface area contributed by atoms with Crippen molar-refractivity contribution in [1.29, 1.82) is 5.26 Å². The average molecular weight is 434 g/mol. The Morgan fingerprint density at radius 3 is 2.55 bits per heavy atom. The highest BCUT2D eigenvalue weighted by Gasteiger charge is 2.15. The van der Waals surface area contributed by atoms with E-state index >= 15 is 0 Å². The van der Waals surface area contributed by atoms with Gasteiger partial charge in [-0.3, -0.25) is 9.78 Å². The number of amides is 1. The molecule has 4 aromatic rings. The van der Waals surface area contributed by atoms with E-state index < -0.39 is 0 Å². The van der Waals surface area contributed by atoms with Crippen LogP contribution in [0.25, 0.3) is 11.3 Å². The van der Waals surface area contributed by atoms with E-state index in [0.29, 0.717) is 36.6 Å². The van der Waals surface area contributed by atoms with Gasteiger partial charge in [0.2, 0.25) is 6.41 Å². The minimum absolute atomic E-state index is 0.385. The smallest absolute Gasteiger partial charge is 0.214 e. The molecule has 2 aromatic carbocycles. The highest BCUT2D eigenvalue weighted by molar-refractivity contribution is 5.83. The van der Waals surface area contributed by atoms with E-state index in [4.69, 9.17) is 4.98 Å². The van der Waals surface area contributed by atoms with Crippen LogP contribution in [0.1, 0.15) is 16.7 Å². The maximum atomic E-state index is 12.0. The topological polar surface area (TPSA) is 81.9 Å². The fourth-order valence-corrected chi connectivity index (χ4v) is 3.61. The second-order valence-electron chi connectivity index (χ2n) is 7.47. The van der Waals surface area contributed by atoms with Crippen LogP contribution in [0, 0.1) is 11.3 Å². The van der Waals surface area contributed by atoms with Crippen molar-refractivity contribution in [3.63, 3.8) is 0 Å². The number of anilines is 2. The number of rotatable bonds is 9. The molecule has 6 heteroatoms. The minimum Gasteiger partial charge on any atom is -0.368 e. The maximum Gasteiger partial charge on any atom is 0.214 e. The molecule has 0 bridgehead atoms.